The lowest BCUT2D eigenvalue weighted by molar-refractivity contribution is 0.578. The molecule has 0 spiro atoms. The molecular weight excluding hydrogens is 265 g/mol. The molecule has 92 valence electrons. The number of hydrogen-bond donors (Lipinski definition) is 0. The zero-order valence-electron chi connectivity index (χ0n) is 9.15. The quantitative estimate of drug-likeness (QED) is 0.793. The first-order chi connectivity index (χ1) is 7.92. The van der Waals surface area contributed by atoms with Gasteiger partial charge < -0.3 is 0 Å². The Hall–Kier alpha value is -1.12. The lowest BCUT2D eigenvalue weighted by Crippen LogP contribution is -2.16. The van der Waals surface area contributed by atoms with Crippen LogP contribution < -0.4 is 0 Å². The van der Waals surface area contributed by atoms with E-state index in [0.29, 0.717) is 0 Å². The Kier molecular flexibility index (Phi) is 4.49. The number of hydrogen-bond acceptors (Lipinski definition) is 3. The van der Waals surface area contributed by atoms with Crippen LogP contribution in [0.5, 0.6) is 0 Å². The van der Waals surface area contributed by atoms with Crippen molar-refractivity contribution in [3.63, 3.8) is 0 Å². The highest BCUT2D eigenvalue weighted by molar-refractivity contribution is 7.91. The fourth-order valence-electron chi connectivity index (χ4n) is 1.38. The maximum Gasteiger partial charge on any atom is 0.180 e. The second-order valence-electron chi connectivity index (χ2n) is 3.77. The first-order valence-corrected chi connectivity index (χ1v) is 7.08. The fourth-order valence-corrected chi connectivity index (χ4v) is 3.41. The average molecular weight is 276 g/mol. The molecule has 1 aromatic carbocycles. The highest BCUT2D eigenvalue weighted by Crippen LogP contribution is 2.21. The summed E-state index contributed by atoms with van der Waals surface area (Å²) < 4.78 is 37.2. The number of halogens is 2. The van der Waals surface area contributed by atoms with Gasteiger partial charge in [0.25, 0.3) is 0 Å². The van der Waals surface area contributed by atoms with Crippen molar-refractivity contribution in [3.8, 4) is 6.07 Å². The van der Waals surface area contributed by atoms with Gasteiger partial charge in [-0.3, -0.25) is 0 Å². The molecule has 1 rings (SSSR count). The summed E-state index contributed by atoms with van der Waals surface area (Å²) in [7, 11) is -3.68. The molecule has 0 aliphatic carbocycles. The minimum Gasteiger partial charge on any atom is -0.224 e. The minimum atomic E-state index is -3.68. The van der Waals surface area contributed by atoms with Gasteiger partial charge in [0.15, 0.2) is 9.84 Å². The van der Waals surface area contributed by atoms with Crippen molar-refractivity contribution in [2.75, 3.05) is 11.6 Å². The molecule has 0 amide bonds. The Labute approximate surface area is 105 Å². The van der Waals surface area contributed by atoms with Crippen molar-refractivity contribution < 1.29 is 12.8 Å². The number of alkyl halides is 1. The summed E-state index contributed by atoms with van der Waals surface area (Å²) in [5, 5.41) is 8.77. The van der Waals surface area contributed by atoms with Gasteiger partial charge in [0.2, 0.25) is 0 Å². The Morgan fingerprint density at radius 2 is 2.18 bits per heavy atom. The summed E-state index contributed by atoms with van der Waals surface area (Å²) >= 11 is 5.55. The molecule has 0 bridgehead atoms. The molecule has 3 nitrogen and oxygen atoms in total. The van der Waals surface area contributed by atoms with Gasteiger partial charge in [-0.15, -0.1) is 11.6 Å². The topological polar surface area (TPSA) is 57.9 Å². The average Bonchev–Trinajstić information content (AvgIpc) is 2.28. The van der Waals surface area contributed by atoms with Crippen molar-refractivity contribution in [1.82, 2.24) is 0 Å². The van der Waals surface area contributed by atoms with Crippen LogP contribution in [0.4, 0.5) is 4.39 Å². The number of nitriles is 1. The van der Waals surface area contributed by atoms with E-state index in [-0.39, 0.29) is 22.4 Å². The van der Waals surface area contributed by atoms with Crippen LogP contribution in [0.1, 0.15) is 12.5 Å². The second-order valence-corrected chi connectivity index (χ2v) is 6.08. The van der Waals surface area contributed by atoms with E-state index in [1.54, 1.807) is 13.0 Å². The Bertz CT molecular complexity index is 551. The van der Waals surface area contributed by atoms with E-state index in [0.717, 1.165) is 6.07 Å². The van der Waals surface area contributed by atoms with Crippen LogP contribution in [0.25, 0.3) is 0 Å². The van der Waals surface area contributed by atoms with Crippen LogP contribution in [0.3, 0.4) is 0 Å². The van der Waals surface area contributed by atoms with Gasteiger partial charge in [0.05, 0.1) is 10.6 Å². The van der Waals surface area contributed by atoms with Gasteiger partial charge in [-0.2, -0.15) is 5.26 Å². The maximum absolute atomic E-state index is 13.3. The summed E-state index contributed by atoms with van der Waals surface area (Å²) in [4.78, 5) is -0.267. The number of rotatable bonds is 4. The van der Waals surface area contributed by atoms with Crippen LogP contribution >= 0.6 is 11.6 Å². The lowest BCUT2D eigenvalue weighted by Gasteiger charge is -2.10. The van der Waals surface area contributed by atoms with Gasteiger partial charge in [-0.1, -0.05) is 13.0 Å². The zero-order chi connectivity index (χ0) is 13.1. The molecule has 6 heteroatoms. The highest BCUT2D eigenvalue weighted by atomic mass is 35.5. The molecule has 0 saturated carbocycles. The fraction of sp³-hybridized carbons (Fsp3) is 0.364. The zero-order valence-corrected chi connectivity index (χ0v) is 10.7. The number of sulfone groups is 1. The van der Waals surface area contributed by atoms with Gasteiger partial charge >= 0.3 is 0 Å². The summed E-state index contributed by atoms with van der Waals surface area (Å²) in [5.74, 6) is -1.09. The van der Waals surface area contributed by atoms with E-state index in [4.69, 9.17) is 16.9 Å². The monoisotopic (exact) mass is 275 g/mol. The molecular formula is C11H11ClFNO2S. The number of nitrogens with zero attached hydrogens (tertiary/aromatic N) is 1. The molecule has 0 saturated heterocycles. The van der Waals surface area contributed by atoms with Crippen molar-refractivity contribution >= 4 is 21.4 Å². The van der Waals surface area contributed by atoms with E-state index in [1.807, 2.05) is 0 Å². The molecule has 0 fully saturated rings. The molecule has 0 radical (unpaired) electrons. The first kappa shape index (κ1) is 13.9. The van der Waals surface area contributed by atoms with Gasteiger partial charge in [-0.05, 0) is 18.1 Å². The van der Waals surface area contributed by atoms with Gasteiger partial charge in [0.1, 0.15) is 17.4 Å². The maximum atomic E-state index is 13.3. The third-order valence-corrected chi connectivity index (χ3v) is 4.73. The smallest absolute Gasteiger partial charge is 0.180 e. The second kappa shape index (κ2) is 5.48. The summed E-state index contributed by atoms with van der Waals surface area (Å²) in [6.45, 7) is 1.68. The van der Waals surface area contributed by atoms with Gasteiger partial charge in [0, 0.05) is 5.88 Å². The van der Waals surface area contributed by atoms with Crippen LogP contribution in [-0.4, -0.2) is 20.1 Å². The van der Waals surface area contributed by atoms with Crippen molar-refractivity contribution in [1.29, 1.82) is 5.26 Å². The SMILES string of the molecule is CC(CCl)CS(=O)(=O)c1cccc(F)c1C#N. The third-order valence-electron chi connectivity index (χ3n) is 2.19. The van der Waals surface area contributed by atoms with Crippen molar-refractivity contribution in [2.24, 2.45) is 5.92 Å². The molecule has 1 atom stereocenters. The molecule has 17 heavy (non-hydrogen) atoms. The molecule has 1 unspecified atom stereocenters. The van der Waals surface area contributed by atoms with E-state index >= 15 is 0 Å². The van der Waals surface area contributed by atoms with Crippen molar-refractivity contribution in [2.45, 2.75) is 11.8 Å². The minimum absolute atomic E-state index is 0.191. The Balaban J connectivity index is 3.26. The van der Waals surface area contributed by atoms with E-state index < -0.39 is 21.2 Å². The molecule has 0 aliphatic rings. The summed E-state index contributed by atoms with van der Waals surface area (Å²) in [6, 6.07) is 5.14. The molecule has 1 aromatic rings. The third kappa shape index (κ3) is 3.18. The van der Waals surface area contributed by atoms with Gasteiger partial charge in [-0.25, -0.2) is 12.8 Å². The van der Waals surface area contributed by atoms with E-state index in [1.165, 1.54) is 12.1 Å². The van der Waals surface area contributed by atoms with Crippen LogP contribution in [0.15, 0.2) is 23.1 Å². The van der Waals surface area contributed by atoms with E-state index in [2.05, 4.69) is 0 Å². The predicted molar refractivity (Wildman–Crippen MR) is 63.1 cm³/mol. The van der Waals surface area contributed by atoms with Crippen LogP contribution in [0, 0.1) is 23.1 Å². The van der Waals surface area contributed by atoms with Crippen LogP contribution in [0.2, 0.25) is 0 Å². The van der Waals surface area contributed by atoms with E-state index in [9.17, 15) is 12.8 Å². The van der Waals surface area contributed by atoms with Crippen molar-refractivity contribution in [3.05, 3.63) is 29.6 Å². The summed E-state index contributed by atoms with van der Waals surface area (Å²) in [6.07, 6.45) is 0. The summed E-state index contributed by atoms with van der Waals surface area (Å²) in [5.41, 5.74) is -0.436. The molecule has 0 N–H and O–H groups in total. The number of benzene rings is 1. The Morgan fingerprint density at radius 3 is 2.71 bits per heavy atom. The van der Waals surface area contributed by atoms with Crippen LogP contribution in [-0.2, 0) is 9.84 Å². The standard InChI is InChI=1S/C11H11ClFNO2S/c1-8(5-12)7-17(15,16)11-4-2-3-10(13)9(11)6-14/h2-4,8H,5,7H2,1H3. The molecule has 0 aromatic heterocycles. The molecule has 0 heterocycles. The largest absolute Gasteiger partial charge is 0.224 e. The highest BCUT2D eigenvalue weighted by Gasteiger charge is 2.23. The normalized spacial score (nSPS) is 13.1. The first-order valence-electron chi connectivity index (χ1n) is 4.89. The lowest BCUT2D eigenvalue weighted by atomic mass is 10.2. The predicted octanol–water partition coefficient (Wildman–Crippen LogP) is 2.35. The Morgan fingerprint density at radius 1 is 1.53 bits per heavy atom. The molecule has 0 aliphatic heterocycles.